The first-order valence-electron chi connectivity index (χ1n) is 13.0. The first-order valence-corrected chi connectivity index (χ1v) is 14.5. The van der Waals surface area contributed by atoms with Gasteiger partial charge in [0, 0.05) is 12.0 Å². The number of alkyl halides is 3. The van der Waals surface area contributed by atoms with Crippen molar-refractivity contribution in [1.29, 1.82) is 0 Å². The standard InChI is InChI=1S/C26H29F3N6O8S/c1-4-24(36)42-17-43-32-35(38)33(5-2)14-15-41-25(37)31-44(39,40)21-12-10-20(11-13-21)34-22(16-23(30-34)26(27,28)29)19-8-6-18(3)7-9-19/h6-13,16H,4-5,14-15,17H2,1-3H3,(H,31,37). The van der Waals surface area contributed by atoms with E-state index in [1.165, 1.54) is 12.1 Å². The van der Waals surface area contributed by atoms with Gasteiger partial charge < -0.3 is 19.5 Å². The zero-order chi connectivity index (χ0) is 32.5. The Morgan fingerprint density at radius 2 is 1.75 bits per heavy atom. The van der Waals surface area contributed by atoms with Crippen LogP contribution in [-0.2, 0) is 35.3 Å². The van der Waals surface area contributed by atoms with E-state index in [9.17, 15) is 36.4 Å². The summed E-state index contributed by atoms with van der Waals surface area (Å²) in [5, 5.41) is 19.9. The molecule has 14 nitrogen and oxygen atoms in total. The molecule has 1 heterocycles. The number of aryl methyl sites for hydroxylation is 1. The number of ether oxygens (including phenoxy) is 2. The number of carbonyl (C=O) groups excluding carboxylic acids is 2. The summed E-state index contributed by atoms with van der Waals surface area (Å²) in [6.07, 6.45) is -5.95. The number of amides is 1. The van der Waals surface area contributed by atoms with Crippen molar-refractivity contribution in [2.45, 2.75) is 38.3 Å². The predicted molar refractivity (Wildman–Crippen MR) is 146 cm³/mol. The molecule has 1 aromatic heterocycles. The van der Waals surface area contributed by atoms with Gasteiger partial charge in [0.05, 0.1) is 27.8 Å². The Labute approximate surface area is 250 Å². The van der Waals surface area contributed by atoms with Crippen molar-refractivity contribution in [3.8, 4) is 16.9 Å². The third kappa shape index (κ3) is 9.06. The highest BCUT2D eigenvalue weighted by Crippen LogP contribution is 2.33. The van der Waals surface area contributed by atoms with Crippen molar-refractivity contribution in [2.24, 2.45) is 5.28 Å². The minimum Gasteiger partial charge on any atom is -0.569 e. The number of esters is 1. The van der Waals surface area contributed by atoms with E-state index in [-0.39, 0.29) is 40.8 Å². The van der Waals surface area contributed by atoms with Crippen LogP contribution in [-0.4, -0.2) is 66.7 Å². The van der Waals surface area contributed by atoms with Crippen LogP contribution in [0.15, 0.2) is 64.8 Å². The molecule has 44 heavy (non-hydrogen) atoms. The molecule has 0 aliphatic rings. The van der Waals surface area contributed by atoms with Crippen molar-refractivity contribution in [3.05, 3.63) is 71.1 Å². The normalized spacial score (nSPS) is 12.0. The van der Waals surface area contributed by atoms with E-state index in [2.05, 4.69) is 20.0 Å². The second-order valence-electron chi connectivity index (χ2n) is 8.92. The zero-order valence-corrected chi connectivity index (χ0v) is 24.6. The maximum absolute atomic E-state index is 13.5. The van der Waals surface area contributed by atoms with Gasteiger partial charge >= 0.3 is 18.2 Å². The Morgan fingerprint density at radius 1 is 1.09 bits per heavy atom. The first-order chi connectivity index (χ1) is 20.7. The number of aromatic nitrogens is 2. The van der Waals surface area contributed by atoms with Crippen LogP contribution in [0.1, 0.15) is 31.5 Å². The number of sulfonamides is 1. The topological polar surface area (TPSA) is 167 Å². The average Bonchev–Trinajstić information content (AvgIpc) is 3.44. The number of hydrogen-bond acceptors (Lipinski definition) is 10. The number of likely N-dealkylation sites (N-methyl/N-ethyl adjacent to an activating group) is 1. The van der Waals surface area contributed by atoms with Crippen LogP contribution >= 0.6 is 0 Å². The van der Waals surface area contributed by atoms with E-state index in [0.29, 0.717) is 5.56 Å². The van der Waals surface area contributed by atoms with Crippen LogP contribution < -0.4 is 4.72 Å². The Morgan fingerprint density at radius 3 is 2.34 bits per heavy atom. The van der Waals surface area contributed by atoms with Crippen molar-refractivity contribution in [2.75, 3.05) is 26.5 Å². The molecule has 0 spiro atoms. The summed E-state index contributed by atoms with van der Waals surface area (Å²) in [4.78, 5) is 27.4. The monoisotopic (exact) mass is 642 g/mol. The third-order valence-corrected chi connectivity index (χ3v) is 7.16. The molecule has 0 aliphatic heterocycles. The minimum absolute atomic E-state index is 0.0425. The molecule has 0 atom stereocenters. The second kappa shape index (κ2) is 14.5. The maximum Gasteiger partial charge on any atom is 0.435 e. The summed E-state index contributed by atoms with van der Waals surface area (Å²) in [6, 6.07) is 12.3. The Kier molecular flexibility index (Phi) is 11.1. The molecule has 0 aliphatic carbocycles. The highest BCUT2D eigenvalue weighted by atomic mass is 32.2. The predicted octanol–water partition coefficient (Wildman–Crippen LogP) is 4.32. The lowest BCUT2D eigenvalue weighted by Gasteiger charge is -2.16. The van der Waals surface area contributed by atoms with Crippen LogP contribution in [0.25, 0.3) is 16.9 Å². The lowest BCUT2D eigenvalue weighted by atomic mass is 10.1. The Bertz CT molecular complexity index is 1580. The lowest BCUT2D eigenvalue weighted by molar-refractivity contribution is -0.711. The SMILES string of the molecule is CCC(=O)OCON=[N+]([O-])N(CC)CCOC(=O)NS(=O)(=O)c1ccc(-n2nc(C(F)(F)F)cc2-c2ccc(C)cc2)cc1. The number of halogens is 3. The van der Waals surface area contributed by atoms with Gasteiger partial charge in [-0.3, -0.25) is 4.79 Å². The maximum atomic E-state index is 13.5. The quantitative estimate of drug-likeness (QED) is 0.0708. The van der Waals surface area contributed by atoms with Gasteiger partial charge in [-0.15, -0.1) is 5.01 Å². The number of hydrogen-bond donors (Lipinski definition) is 1. The van der Waals surface area contributed by atoms with Crippen LogP contribution in [0.2, 0.25) is 0 Å². The Hall–Kier alpha value is -4.87. The van der Waals surface area contributed by atoms with Gasteiger partial charge in [0.1, 0.15) is 13.2 Å². The summed E-state index contributed by atoms with van der Waals surface area (Å²) in [5.74, 6) is -0.556. The van der Waals surface area contributed by atoms with E-state index in [1.54, 1.807) is 42.8 Å². The van der Waals surface area contributed by atoms with Crippen molar-refractivity contribution in [3.63, 3.8) is 0 Å². The zero-order valence-electron chi connectivity index (χ0n) is 23.8. The van der Waals surface area contributed by atoms with Crippen molar-refractivity contribution in [1.82, 2.24) is 19.5 Å². The van der Waals surface area contributed by atoms with E-state index in [4.69, 9.17) is 4.74 Å². The molecule has 1 N–H and O–H groups in total. The fourth-order valence-electron chi connectivity index (χ4n) is 3.54. The molecule has 3 rings (SSSR count). The summed E-state index contributed by atoms with van der Waals surface area (Å²) < 4.78 is 78.0. The minimum atomic E-state index is -4.72. The van der Waals surface area contributed by atoms with Crippen LogP contribution in [0.5, 0.6) is 0 Å². The van der Waals surface area contributed by atoms with Gasteiger partial charge in [-0.05, 0) is 44.2 Å². The number of rotatable bonds is 13. The molecule has 2 aromatic carbocycles. The highest BCUT2D eigenvalue weighted by Gasteiger charge is 2.35. The molecular formula is C26H29F3N6O8S. The highest BCUT2D eigenvalue weighted by molar-refractivity contribution is 7.90. The van der Waals surface area contributed by atoms with Gasteiger partial charge in [-0.1, -0.05) is 36.8 Å². The molecule has 0 saturated heterocycles. The lowest BCUT2D eigenvalue weighted by Crippen LogP contribution is -2.36. The van der Waals surface area contributed by atoms with Crippen molar-refractivity contribution >= 4 is 22.1 Å². The number of hydrazine groups is 1. The van der Waals surface area contributed by atoms with Crippen molar-refractivity contribution < 1.29 is 50.5 Å². The summed E-state index contributed by atoms with van der Waals surface area (Å²) in [5.41, 5.74) is 0.499. The van der Waals surface area contributed by atoms with Crippen LogP contribution in [0.4, 0.5) is 18.0 Å². The molecule has 1 amide bonds. The fourth-order valence-corrected chi connectivity index (χ4v) is 4.43. The Balaban J connectivity index is 1.64. The van der Waals surface area contributed by atoms with E-state index in [1.807, 2.05) is 6.92 Å². The van der Waals surface area contributed by atoms with Crippen LogP contribution in [0.3, 0.4) is 0 Å². The molecule has 0 radical (unpaired) electrons. The van der Waals surface area contributed by atoms with E-state index < -0.39 is 47.4 Å². The van der Waals surface area contributed by atoms with Crippen LogP contribution in [0, 0.1) is 12.1 Å². The summed E-state index contributed by atoms with van der Waals surface area (Å²) in [7, 11) is -4.44. The fraction of sp³-hybridized carbons (Fsp3) is 0.346. The third-order valence-electron chi connectivity index (χ3n) is 5.83. The first kappa shape index (κ1) is 33.6. The van der Waals surface area contributed by atoms with E-state index >= 15 is 0 Å². The molecule has 18 heteroatoms. The number of nitrogens with one attached hydrogen (secondary N) is 1. The largest absolute Gasteiger partial charge is 0.569 e. The molecular weight excluding hydrogens is 613 g/mol. The summed E-state index contributed by atoms with van der Waals surface area (Å²) in [6.45, 7) is 3.89. The molecule has 0 fully saturated rings. The van der Waals surface area contributed by atoms with Gasteiger partial charge in [0.2, 0.25) is 5.28 Å². The summed E-state index contributed by atoms with van der Waals surface area (Å²) >= 11 is 0. The molecule has 0 unspecified atom stereocenters. The molecule has 0 bridgehead atoms. The van der Waals surface area contributed by atoms with Gasteiger partial charge in [-0.2, -0.15) is 18.3 Å². The number of benzene rings is 2. The molecule has 238 valence electrons. The average molecular weight is 643 g/mol. The molecule has 3 aromatic rings. The van der Waals surface area contributed by atoms with Gasteiger partial charge in [0.15, 0.2) is 5.69 Å². The van der Waals surface area contributed by atoms with E-state index in [0.717, 1.165) is 33.5 Å². The number of carbonyl (C=O) groups is 2. The molecule has 0 saturated carbocycles. The number of nitrogens with zero attached hydrogens (tertiary/aromatic N) is 5. The second-order valence-corrected chi connectivity index (χ2v) is 10.6. The van der Waals surface area contributed by atoms with Gasteiger partial charge in [0.25, 0.3) is 16.8 Å². The van der Waals surface area contributed by atoms with Gasteiger partial charge in [-0.25, -0.2) is 22.6 Å². The smallest absolute Gasteiger partial charge is 0.435 e.